The predicted molar refractivity (Wildman–Crippen MR) is 156 cm³/mol. The van der Waals surface area contributed by atoms with Crippen molar-refractivity contribution in [2.75, 3.05) is 18.4 Å². The average molecular weight is 478 g/mol. The summed E-state index contributed by atoms with van der Waals surface area (Å²) in [4.78, 5) is 4.39. The van der Waals surface area contributed by atoms with Gasteiger partial charge in [0.05, 0.1) is 0 Å². The summed E-state index contributed by atoms with van der Waals surface area (Å²) in [6.45, 7) is 6.44. The smallest absolute Gasteiger partial charge is 0.195 e. The Kier molecular flexibility index (Phi) is 16.5. The topological polar surface area (TPSA) is 36.4 Å². The van der Waals surface area contributed by atoms with Gasteiger partial charge in [-0.25, -0.2) is 0 Å². The molecule has 0 bridgehead atoms. The lowest BCUT2D eigenvalue weighted by atomic mass is 10.0. The molecule has 2 aromatic carbocycles. The van der Waals surface area contributed by atoms with Crippen LogP contribution in [-0.4, -0.2) is 19.0 Å². The Balaban J connectivity index is 0.000000247. The van der Waals surface area contributed by atoms with Gasteiger partial charge in [0.25, 0.3) is 0 Å². The molecule has 0 atom stereocenters. The number of aliphatic imine (C=N–C) groups is 1. The van der Waals surface area contributed by atoms with Gasteiger partial charge in [-0.15, -0.1) is 0 Å². The first kappa shape index (κ1) is 28.9. The molecule has 2 aromatic rings. The van der Waals surface area contributed by atoms with Gasteiger partial charge in [-0.3, -0.25) is 4.99 Å². The first-order valence-electron chi connectivity index (χ1n) is 14.5. The van der Waals surface area contributed by atoms with Gasteiger partial charge in [-0.1, -0.05) is 121 Å². The third kappa shape index (κ3) is 14.7. The number of unbranched alkanes of at least 4 members (excludes halogenated alkanes) is 10. The van der Waals surface area contributed by atoms with E-state index in [1.165, 1.54) is 101 Å². The highest BCUT2D eigenvalue weighted by Gasteiger charge is 2.03. The van der Waals surface area contributed by atoms with Crippen LogP contribution in [0.5, 0.6) is 0 Å². The number of guanidine groups is 1. The van der Waals surface area contributed by atoms with E-state index in [1.807, 2.05) is 0 Å². The number of benzene rings is 2. The maximum Gasteiger partial charge on any atom is 0.195 e. The zero-order valence-corrected chi connectivity index (χ0v) is 22.7. The first-order chi connectivity index (χ1) is 17.3. The molecule has 1 heterocycles. The molecule has 0 saturated carbocycles. The van der Waals surface area contributed by atoms with E-state index in [0.29, 0.717) is 0 Å². The molecule has 0 aliphatic carbocycles. The summed E-state index contributed by atoms with van der Waals surface area (Å²) < 4.78 is 0. The molecule has 3 heteroatoms. The molecule has 0 fully saturated rings. The fraction of sp³-hybridized carbons (Fsp3) is 0.594. The Morgan fingerprint density at radius 1 is 0.657 bits per heavy atom. The fourth-order valence-electron chi connectivity index (χ4n) is 4.35. The number of rotatable bonds is 15. The standard InChI is InChI=1S/C18H30.C14H21N3/c1-2-3-4-5-6-7-8-9-10-12-15-18-16-13-11-14-17-18;1-2-3-5-12-6-8-13(9-7-12)17-14-15-10-4-11-16-14/h11,13-14,16-17H,2-10,12,15H2,1H3;6-9H,2-5,10-11H2,1H3,(H2,15,16,17). The Morgan fingerprint density at radius 3 is 1.83 bits per heavy atom. The molecule has 0 saturated heterocycles. The van der Waals surface area contributed by atoms with Gasteiger partial charge < -0.3 is 10.6 Å². The second kappa shape index (κ2) is 20.0. The third-order valence-electron chi connectivity index (χ3n) is 6.59. The summed E-state index contributed by atoms with van der Waals surface area (Å²) in [5.41, 5.74) is 4.02. The molecule has 1 aliphatic heterocycles. The Morgan fingerprint density at radius 2 is 1.23 bits per heavy atom. The van der Waals surface area contributed by atoms with E-state index in [-0.39, 0.29) is 0 Å². The molecular formula is C32H51N3. The second-order valence-corrected chi connectivity index (χ2v) is 9.85. The maximum absolute atomic E-state index is 4.39. The van der Waals surface area contributed by atoms with Crippen LogP contribution in [-0.2, 0) is 12.8 Å². The predicted octanol–water partition coefficient (Wildman–Crippen LogP) is 8.94. The van der Waals surface area contributed by atoms with Gasteiger partial charge in [-0.05, 0) is 55.4 Å². The van der Waals surface area contributed by atoms with Crippen LogP contribution in [0.2, 0.25) is 0 Å². The van der Waals surface area contributed by atoms with Crippen LogP contribution in [0, 0.1) is 0 Å². The molecule has 0 spiro atoms. The van der Waals surface area contributed by atoms with E-state index in [9.17, 15) is 0 Å². The number of nitrogens with zero attached hydrogens (tertiary/aromatic N) is 1. The Labute approximate surface area is 216 Å². The van der Waals surface area contributed by atoms with Crippen molar-refractivity contribution in [1.29, 1.82) is 0 Å². The molecule has 2 N–H and O–H groups in total. The number of hydrogen-bond acceptors (Lipinski definition) is 3. The Hall–Kier alpha value is -2.29. The van der Waals surface area contributed by atoms with Gasteiger partial charge in [0, 0.05) is 18.8 Å². The first-order valence-corrected chi connectivity index (χ1v) is 14.5. The van der Waals surface area contributed by atoms with Crippen molar-refractivity contribution in [1.82, 2.24) is 5.32 Å². The van der Waals surface area contributed by atoms with Gasteiger partial charge in [0.1, 0.15) is 0 Å². The third-order valence-corrected chi connectivity index (χ3v) is 6.59. The lowest BCUT2D eigenvalue weighted by molar-refractivity contribution is 0.556. The molecule has 3 rings (SSSR count). The summed E-state index contributed by atoms with van der Waals surface area (Å²) in [5.74, 6) is 0.901. The van der Waals surface area contributed by atoms with Crippen molar-refractivity contribution in [3.05, 3.63) is 65.7 Å². The van der Waals surface area contributed by atoms with Crippen LogP contribution >= 0.6 is 0 Å². The highest BCUT2D eigenvalue weighted by molar-refractivity contribution is 5.93. The summed E-state index contributed by atoms with van der Waals surface area (Å²) in [6.07, 6.45) is 20.3. The zero-order valence-electron chi connectivity index (χ0n) is 22.7. The van der Waals surface area contributed by atoms with Crippen LogP contribution in [0.4, 0.5) is 5.69 Å². The van der Waals surface area contributed by atoms with Crippen molar-refractivity contribution in [2.24, 2.45) is 4.99 Å². The van der Waals surface area contributed by atoms with Gasteiger partial charge in [0.2, 0.25) is 0 Å². The number of anilines is 1. The lowest BCUT2D eigenvalue weighted by Crippen LogP contribution is -2.35. The van der Waals surface area contributed by atoms with E-state index in [2.05, 4.69) is 84.1 Å². The minimum absolute atomic E-state index is 0.901. The van der Waals surface area contributed by atoms with Crippen molar-refractivity contribution in [3.8, 4) is 0 Å². The number of hydrogen-bond donors (Lipinski definition) is 2. The summed E-state index contributed by atoms with van der Waals surface area (Å²) in [7, 11) is 0. The van der Waals surface area contributed by atoms with Crippen molar-refractivity contribution in [2.45, 2.75) is 110 Å². The quantitative estimate of drug-likeness (QED) is 0.251. The van der Waals surface area contributed by atoms with Crippen molar-refractivity contribution >= 4 is 11.6 Å². The van der Waals surface area contributed by atoms with Crippen molar-refractivity contribution in [3.63, 3.8) is 0 Å². The summed E-state index contributed by atoms with van der Waals surface area (Å²) in [5, 5.41) is 6.56. The van der Waals surface area contributed by atoms with E-state index >= 15 is 0 Å². The normalized spacial score (nSPS) is 12.8. The van der Waals surface area contributed by atoms with Gasteiger partial charge in [-0.2, -0.15) is 0 Å². The number of nitrogens with one attached hydrogen (secondary N) is 2. The average Bonchev–Trinajstić information content (AvgIpc) is 2.91. The molecule has 1 aliphatic rings. The minimum atomic E-state index is 0.901. The largest absolute Gasteiger partial charge is 0.356 e. The Bertz CT molecular complexity index is 767. The van der Waals surface area contributed by atoms with E-state index in [1.54, 1.807) is 0 Å². The minimum Gasteiger partial charge on any atom is -0.356 e. The molecule has 0 aromatic heterocycles. The molecule has 194 valence electrons. The zero-order chi connectivity index (χ0) is 24.8. The van der Waals surface area contributed by atoms with Crippen LogP contribution in [0.3, 0.4) is 0 Å². The molecular weight excluding hydrogens is 426 g/mol. The van der Waals surface area contributed by atoms with E-state index < -0.39 is 0 Å². The summed E-state index contributed by atoms with van der Waals surface area (Å²) >= 11 is 0. The molecule has 35 heavy (non-hydrogen) atoms. The molecule has 0 amide bonds. The van der Waals surface area contributed by atoms with Crippen LogP contribution in [0.1, 0.15) is 108 Å². The van der Waals surface area contributed by atoms with Gasteiger partial charge in [0.15, 0.2) is 5.96 Å². The molecule has 0 unspecified atom stereocenters. The fourth-order valence-corrected chi connectivity index (χ4v) is 4.35. The lowest BCUT2D eigenvalue weighted by Gasteiger charge is -2.16. The monoisotopic (exact) mass is 477 g/mol. The highest BCUT2D eigenvalue weighted by atomic mass is 15.2. The highest BCUT2D eigenvalue weighted by Crippen LogP contribution is 2.13. The van der Waals surface area contributed by atoms with Crippen LogP contribution in [0.15, 0.2) is 59.6 Å². The molecule has 3 nitrogen and oxygen atoms in total. The van der Waals surface area contributed by atoms with Crippen LogP contribution in [0.25, 0.3) is 0 Å². The second-order valence-electron chi connectivity index (χ2n) is 9.85. The van der Waals surface area contributed by atoms with Crippen LogP contribution < -0.4 is 10.6 Å². The maximum atomic E-state index is 4.39. The van der Waals surface area contributed by atoms with E-state index in [0.717, 1.165) is 31.2 Å². The molecule has 0 radical (unpaired) electrons. The van der Waals surface area contributed by atoms with E-state index in [4.69, 9.17) is 0 Å². The van der Waals surface area contributed by atoms with Gasteiger partial charge >= 0.3 is 0 Å². The van der Waals surface area contributed by atoms with Crippen molar-refractivity contribution < 1.29 is 0 Å². The SMILES string of the molecule is CCCCCCCCCCCCc1ccccc1.CCCCc1ccc(NC2=NCCCN2)cc1. The number of aryl methyl sites for hydroxylation is 2. The summed E-state index contributed by atoms with van der Waals surface area (Å²) in [6, 6.07) is 19.5.